The fourth-order valence-corrected chi connectivity index (χ4v) is 2.62. The van der Waals surface area contributed by atoms with Crippen molar-refractivity contribution >= 4 is 0 Å². The largest absolute Gasteiger partial charge is 0.363 e. The zero-order valence-corrected chi connectivity index (χ0v) is 14.8. The fraction of sp³-hybridized carbons (Fsp3) is 0.524. The molecule has 1 aliphatic rings. The normalized spacial score (nSPS) is 15.7. The van der Waals surface area contributed by atoms with Crippen molar-refractivity contribution in [1.29, 1.82) is 0 Å². The molecule has 1 rings (SSSR count). The molecule has 1 heteroatoms. The van der Waals surface area contributed by atoms with Gasteiger partial charge in [0, 0.05) is 17.8 Å². The van der Waals surface area contributed by atoms with Crippen LogP contribution in [0.1, 0.15) is 72.1 Å². The van der Waals surface area contributed by atoms with E-state index in [0.717, 1.165) is 25.0 Å². The van der Waals surface area contributed by atoms with E-state index in [0.29, 0.717) is 0 Å². The van der Waals surface area contributed by atoms with Crippen molar-refractivity contribution in [2.45, 2.75) is 72.1 Å². The number of hydrogen-bond donors (Lipinski definition) is 1. The molecule has 0 heterocycles. The Morgan fingerprint density at radius 1 is 1.23 bits per heavy atom. The van der Waals surface area contributed by atoms with Crippen LogP contribution in [0.3, 0.4) is 0 Å². The van der Waals surface area contributed by atoms with Gasteiger partial charge in [-0.05, 0) is 45.6 Å². The SMILES string of the molecule is C=C(CC1=CC=CCC1)N/C(C)=C/C=C(\C)CCCCCC. The molecule has 22 heavy (non-hydrogen) atoms. The monoisotopic (exact) mass is 299 g/mol. The standard InChI is InChI=1S/C21H33N/c1-5-6-7-9-12-18(2)15-16-19(3)22-20(4)17-21-13-10-8-11-14-21/h8,10,13,15-16,22H,4-7,9,11-12,14,17H2,1-3H3/b18-15+,19-16+. The van der Waals surface area contributed by atoms with E-state index in [1.807, 2.05) is 0 Å². The number of allylic oxidation sites excluding steroid dienone is 8. The molecular weight excluding hydrogens is 266 g/mol. The maximum atomic E-state index is 4.15. The Balaban J connectivity index is 2.32. The van der Waals surface area contributed by atoms with E-state index in [1.165, 1.54) is 48.9 Å². The number of hydrogen-bond acceptors (Lipinski definition) is 1. The van der Waals surface area contributed by atoms with Crippen LogP contribution in [0.2, 0.25) is 0 Å². The molecule has 0 radical (unpaired) electrons. The van der Waals surface area contributed by atoms with Gasteiger partial charge in [-0.2, -0.15) is 0 Å². The zero-order valence-electron chi connectivity index (χ0n) is 14.8. The highest BCUT2D eigenvalue weighted by Crippen LogP contribution is 2.18. The summed E-state index contributed by atoms with van der Waals surface area (Å²) >= 11 is 0. The Morgan fingerprint density at radius 3 is 2.73 bits per heavy atom. The minimum absolute atomic E-state index is 0.954. The van der Waals surface area contributed by atoms with Gasteiger partial charge >= 0.3 is 0 Å². The molecule has 0 bridgehead atoms. The quantitative estimate of drug-likeness (QED) is 0.355. The molecule has 0 unspecified atom stereocenters. The van der Waals surface area contributed by atoms with Crippen molar-refractivity contribution < 1.29 is 0 Å². The van der Waals surface area contributed by atoms with Crippen LogP contribution >= 0.6 is 0 Å². The van der Waals surface area contributed by atoms with Crippen molar-refractivity contribution in [2.24, 2.45) is 0 Å². The average molecular weight is 300 g/mol. The minimum Gasteiger partial charge on any atom is -0.363 e. The van der Waals surface area contributed by atoms with E-state index < -0.39 is 0 Å². The van der Waals surface area contributed by atoms with E-state index >= 15 is 0 Å². The van der Waals surface area contributed by atoms with Crippen molar-refractivity contribution in [3.05, 3.63) is 59.5 Å². The van der Waals surface area contributed by atoms with E-state index in [4.69, 9.17) is 0 Å². The summed E-state index contributed by atoms with van der Waals surface area (Å²) < 4.78 is 0. The molecule has 0 amide bonds. The van der Waals surface area contributed by atoms with Crippen LogP contribution in [0.4, 0.5) is 0 Å². The Bertz CT molecular complexity index is 460. The van der Waals surface area contributed by atoms with Crippen LogP contribution in [0.5, 0.6) is 0 Å². The first-order valence-electron chi connectivity index (χ1n) is 8.75. The van der Waals surface area contributed by atoms with E-state index in [9.17, 15) is 0 Å². The lowest BCUT2D eigenvalue weighted by molar-refractivity contribution is 0.664. The number of nitrogens with one attached hydrogen (secondary N) is 1. The van der Waals surface area contributed by atoms with Gasteiger partial charge in [0.1, 0.15) is 0 Å². The van der Waals surface area contributed by atoms with Crippen molar-refractivity contribution in [1.82, 2.24) is 5.32 Å². The molecule has 0 aromatic rings. The third-order valence-corrected chi connectivity index (χ3v) is 3.96. The van der Waals surface area contributed by atoms with Gasteiger partial charge in [0.25, 0.3) is 0 Å². The molecule has 0 aromatic heterocycles. The predicted octanol–water partition coefficient (Wildman–Crippen LogP) is 6.58. The molecule has 122 valence electrons. The Labute approximate surface area is 137 Å². The second kappa shape index (κ2) is 11.1. The lowest BCUT2D eigenvalue weighted by atomic mass is 10.0. The molecule has 0 spiro atoms. The minimum atomic E-state index is 0.954. The maximum absolute atomic E-state index is 4.15. The molecule has 1 aliphatic carbocycles. The van der Waals surface area contributed by atoms with Gasteiger partial charge in [-0.15, -0.1) is 0 Å². The Kier molecular flexibility index (Phi) is 9.37. The molecule has 0 saturated carbocycles. The van der Waals surface area contributed by atoms with Gasteiger partial charge in [0.2, 0.25) is 0 Å². The lowest BCUT2D eigenvalue weighted by Gasteiger charge is -2.13. The van der Waals surface area contributed by atoms with Gasteiger partial charge in [0.05, 0.1) is 0 Å². The molecule has 0 fully saturated rings. The van der Waals surface area contributed by atoms with Crippen molar-refractivity contribution in [3.8, 4) is 0 Å². The number of unbranched alkanes of at least 4 members (excludes halogenated alkanes) is 3. The molecule has 1 nitrogen and oxygen atoms in total. The van der Waals surface area contributed by atoms with Crippen LogP contribution in [0, 0.1) is 0 Å². The molecule has 0 aromatic carbocycles. The molecule has 1 N–H and O–H groups in total. The summed E-state index contributed by atoms with van der Waals surface area (Å²) in [5.41, 5.74) is 5.19. The molecule has 0 atom stereocenters. The first kappa shape index (κ1) is 18.5. The van der Waals surface area contributed by atoms with Crippen molar-refractivity contribution in [3.63, 3.8) is 0 Å². The lowest BCUT2D eigenvalue weighted by Crippen LogP contribution is -2.10. The van der Waals surface area contributed by atoms with Gasteiger partial charge in [-0.25, -0.2) is 0 Å². The third-order valence-electron chi connectivity index (χ3n) is 3.96. The summed E-state index contributed by atoms with van der Waals surface area (Å²) in [7, 11) is 0. The van der Waals surface area contributed by atoms with Crippen LogP contribution < -0.4 is 5.32 Å². The Morgan fingerprint density at radius 2 is 2.05 bits per heavy atom. The topological polar surface area (TPSA) is 12.0 Å². The summed E-state index contributed by atoms with van der Waals surface area (Å²) in [4.78, 5) is 0. The van der Waals surface area contributed by atoms with Crippen molar-refractivity contribution in [2.75, 3.05) is 0 Å². The molecule has 0 aliphatic heterocycles. The first-order valence-corrected chi connectivity index (χ1v) is 8.75. The zero-order chi connectivity index (χ0) is 16.2. The van der Waals surface area contributed by atoms with Crippen LogP contribution in [-0.4, -0.2) is 0 Å². The summed E-state index contributed by atoms with van der Waals surface area (Å²) in [5.74, 6) is 0. The average Bonchev–Trinajstić information content (AvgIpc) is 2.50. The fourth-order valence-electron chi connectivity index (χ4n) is 2.62. The molecular formula is C21H33N. The highest BCUT2D eigenvalue weighted by Gasteiger charge is 2.02. The van der Waals surface area contributed by atoms with Crippen LogP contribution in [0.15, 0.2) is 59.5 Å². The predicted molar refractivity (Wildman–Crippen MR) is 99.6 cm³/mol. The maximum Gasteiger partial charge on any atom is 0.0117 e. The highest BCUT2D eigenvalue weighted by atomic mass is 14.9. The van der Waals surface area contributed by atoms with Crippen LogP contribution in [-0.2, 0) is 0 Å². The summed E-state index contributed by atoms with van der Waals surface area (Å²) in [6.07, 6.45) is 20.8. The van der Waals surface area contributed by atoms with E-state index in [-0.39, 0.29) is 0 Å². The van der Waals surface area contributed by atoms with Gasteiger partial charge < -0.3 is 5.32 Å². The third kappa shape index (κ3) is 8.71. The second-order valence-electron chi connectivity index (χ2n) is 6.37. The number of rotatable bonds is 10. The Hall–Kier alpha value is -1.50. The van der Waals surface area contributed by atoms with Gasteiger partial charge in [-0.3, -0.25) is 0 Å². The smallest absolute Gasteiger partial charge is 0.0117 e. The molecule has 0 saturated heterocycles. The summed E-state index contributed by atoms with van der Waals surface area (Å²) in [6, 6.07) is 0. The van der Waals surface area contributed by atoms with Crippen LogP contribution in [0.25, 0.3) is 0 Å². The first-order chi connectivity index (χ1) is 10.6. The van der Waals surface area contributed by atoms with Gasteiger partial charge in [-0.1, -0.05) is 68.2 Å². The summed E-state index contributed by atoms with van der Waals surface area (Å²) in [6.45, 7) is 10.7. The van der Waals surface area contributed by atoms with E-state index in [2.05, 4.69) is 63.0 Å². The van der Waals surface area contributed by atoms with Gasteiger partial charge in [0.15, 0.2) is 0 Å². The second-order valence-corrected chi connectivity index (χ2v) is 6.37. The van der Waals surface area contributed by atoms with E-state index in [1.54, 1.807) is 0 Å². The highest BCUT2D eigenvalue weighted by molar-refractivity contribution is 5.24. The summed E-state index contributed by atoms with van der Waals surface area (Å²) in [5, 5.41) is 3.42.